The standard InChI is InChI=1S/C18H14F3N3O3/c19-18(20,21)27-14-5-3-13(4-6-14)24-16(25)12-8-11(9-22-10-12)15-2-1-7-23-17(15)26/h1-8,10,22H,9H2,(H,23,26)(H,24,25). The highest BCUT2D eigenvalue weighted by atomic mass is 19.4. The van der Waals surface area contributed by atoms with E-state index in [1.807, 2.05) is 0 Å². The van der Waals surface area contributed by atoms with Crippen LogP contribution in [0.2, 0.25) is 0 Å². The topological polar surface area (TPSA) is 83.5 Å². The zero-order chi connectivity index (χ0) is 19.4. The number of halogens is 3. The van der Waals surface area contributed by atoms with Gasteiger partial charge in [-0.2, -0.15) is 0 Å². The molecule has 0 spiro atoms. The lowest BCUT2D eigenvalue weighted by atomic mass is 10.0. The number of ether oxygens (including phenoxy) is 1. The molecule has 1 aromatic heterocycles. The molecule has 0 aliphatic carbocycles. The van der Waals surface area contributed by atoms with Crippen LogP contribution in [0, 0.1) is 0 Å². The van der Waals surface area contributed by atoms with Crippen molar-refractivity contribution in [1.29, 1.82) is 0 Å². The van der Waals surface area contributed by atoms with Gasteiger partial charge in [0.1, 0.15) is 5.75 Å². The van der Waals surface area contributed by atoms with Gasteiger partial charge in [0.15, 0.2) is 0 Å². The molecule has 1 aromatic carbocycles. The van der Waals surface area contributed by atoms with Crippen molar-refractivity contribution in [3.63, 3.8) is 0 Å². The van der Waals surface area contributed by atoms with Crippen molar-refractivity contribution < 1.29 is 27.8 Å². The molecule has 9 heteroatoms. The van der Waals surface area contributed by atoms with Crippen LogP contribution in [0.15, 0.2) is 60.4 Å². The molecule has 6 nitrogen and oxygen atoms in total. The van der Waals surface area contributed by atoms with E-state index in [0.717, 1.165) is 12.1 Å². The van der Waals surface area contributed by atoms with Gasteiger partial charge in [-0.3, -0.25) is 4.79 Å². The SMILES string of the molecule is O=C(Nc1ccc(OC(F)(F)F)cc1)C1=CNCC(c2cccnc2O)=C1. The second kappa shape index (κ2) is 7.40. The first kappa shape index (κ1) is 18.3. The fraction of sp³-hybridized carbons (Fsp3) is 0.111. The third kappa shape index (κ3) is 4.78. The fourth-order valence-electron chi connectivity index (χ4n) is 2.45. The van der Waals surface area contributed by atoms with Crippen LogP contribution in [0.3, 0.4) is 0 Å². The number of benzene rings is 1. The Kier molecular flexibility index (Phi) is 5.02. The van der Waals surface area contributed by atoms with Gasteiger partial charge in [-0.1, -0.05) is 0 Å². The lowest BCUT2D eigenvalue weighted by Crippen LogP contribution is -2.21. The summed E-state index contributed by atoms with van der Waals surface area (Å²) in [6.45, 7) is 0.402. The third-order valence-corrected chi connectivity index (χ3v) is 3.62. The molecule has 0 unspecified atom stereocenters. The van der Waals surface area contributed by atoms with Gasteiger partial charge in [-0.05, 0) is 48.0 Å². The molecular weight excluding hydrogens is 363 g/mol. The summed E-state index contributed by atoms with van der Waals surface area (Å²) < 4.78 is 40.3. The fourth-order valence-corrected chi connectivity index (χ4v) is 2.45. The Morgan fingerprint density at radius 3 is 2.63 bits per heavy atom. The predicted octanol–water partition coefficient (Wildman–Crippen LogP) is 3.20. The van der Waals surface area contributed by atoms with Crippen LogP contribution in [-0.4, -0.2) is 28.9 Å². The average Bonchev–Trinajstić information content (AvgIpc) is 2.62. The number of pyridine rings is 1. The number of carbonyl (C=O) groups excluding carboxylic acids is 1. The van der Waals surface area contributed by atoms with Gasteiger partial charge < -0.3 is 20.5 Å². The van der Waals surface area contributed by atoms with Crippen molar-refractivity contribution >= 4 is 17.2 Å². The Balaban J connectivity index is 1.71. The lowest BCUT2D eigenvalue weighted by molar-refractivity contribution is -0.274. The summed E-state index contributed by atoms with van der Waals surface area (Å²) in [5.41, 5.74) is 1.76. The Labute approximate surface area is 152 Å². The highest BCUT2D eigenvalue weighted by Crippen LogP contribution is 2.26. The summed E-state index contributed by atoms with van der Waals surface area (Å²) >= 11 is 0. The van der Waals surface area contributed by atoms with Crippen molar-refractivity contribution in [3.8, 4) is 11.6 Å². The summed E-state index contributed by atoms with van der Waals surface area (Å²) in [6, 6.07) is 8.15. The van der Waals surface area contributed by atoms with Gasteiger partial charge in [0.25, 0.3) is 5.91 Å². The second-order valence-electron chi connectivity index (χ2n) is 5.55. The number of nitrogens with zero attached hydrogens (tertiary/aromatic N) is 1. The maximum absolute atomic E-state index is 12.4. The first-order chi connectivity index (χ1) is 12.8. The van der Waals surface area contributed by atoms with E-state index in [9.17, 15) is 23.1 Å². The van der Waals surface area contributed by atoms with Crippen LogP contribution in [0.5, 0.6) is 11.6 Å². The third-order valence-electron chi connectivity index (χ3n) is 3.62. The van der Waals surface area contributed by atoms with Crippen molar-refractivity contribution in [2.45, 2.75) is 6.36 Å². The molecule has 1 amide bonds. The molecular formula is C18H14F3N3O3. The number of amides is 1. The molecule has 3 N–H and O–H groups in total. The predicted molar refractivity (Wildman–Crippen MR) is 91.7 cm³/mol. The first-order valence-electron chi connectivity index (χ1n) is 7.77. The van der Waals surface area contributed by atoms with E-state index in [2.05, 4.69) is 20.4 Å². The summed E-state index contributed by atoms with van der Waals surface area (Å²) in [5, 5.41) is 15.4. The van der Waals surface area contributed by atoms with Gasteiger partial charge in [0, 0.05) is 30.2 Å². The number of rotatable bonds is 4. The van der Waals surface area contributed by atoms with Crippen LogP contribution in [-0.2, 0) is 4.79 Å². The van der Waals surface area contributed by atoms with E-state index in [1.165, 1.54) is 24.5 Å². The number of alkyl halides is 3. The molecule has 2 aromatic rings. The molecule has 0 radical (unpaired) electrons. The second-order valence-corrected chi connectivity index (χ2v) is 5.55. The van der Waals surface area contributed by atoms with Gasteiger partial charge in [-0.15, -0.1) is 13.2 Å². The quantitative estimate of drug-likeness (QED) is 0.762. The van der Waals surface area contributed by atoms with Gasteiger partial charge in [0.05, 0.1) is 5.57 Å². The summed E-state index contributed by atoms with van der Waals surface area (Å²) in [5.74, 6) is -0.992. The average molecular weight is 377 g/mol. The van der Waals surface area contributed by atoms with Crippen molar-refractivity contribution in [3.05, 3.63) is 66.0 Å². The molecule has 2 heterocycles. The summed E-state index contributed by atoms with van der Waals surface area (Å²) in [6.07, 6.45) is -0.218. The Bertz CT molecular complexity index is 906. The maximum Gasteiger partial charge on any atom is 0.573 e. The van der Waals surface area contributed by atoms with Crippen LogP contribution in [0.1, 0.15) is 5.56 Å². The molecule has 1 aliphatic rings. The normalized spacial score (nSPS) is 13.9. The van der Waals surface area contributed by atoms with Gasteiger partial charge >= 0.3 is 6.36 Å². The minimum absolute atomic E-state index is 0.146. The summed E-state index contributed by atoms with van der Waals surface area (Å²) in [7, 11) is 0. The molecule has 3 rings (SSSR count). The highest BCUT2D eigenvalue weighted by molar-refractivity contribution is 6.07. The first-order valence-corrected chi connectivity index (χ1v) is 7.77. The number of dihydropyridines is 1. The zero-order valence-corrected chi connectivity index (χ0v) is 13.7. The number of hydrogen-bond donors (Lipinski definition) is 3. The molecule has 0 saturated carbocycles. The molecule has 27 heavy (non-hydrogen) atoms. The molecule has 140 valence electrons. The Morgan fingerprint density at radius 2 is 1.96 bits per heavy atom. The van der Waals surface area contributed by atoms with Crippen LogP contribution in [0.25, 0.3) is 5.57 Å². The van der Waals surface area contributed by atoms with Gasteiger partial charge in [0.2, 0.25) is 5.88 Å². The lowest BCUT2D eigenvalue weighted by Gasteiger charge is -2.16. The highest BCUT2D eigenvalue weighted by Gasteiger charge is 2.31. The van der Waals surface area contributed by atoms with Crippen molar-refractivity contribution in [2.75, 3.05) is 11.9 Å². The van der Waals surface area contributed by atoms with Crippen LogP contribution >= 0.6 is 0 Å². The Hall–Kier alpha value is -3.49. The minimum atomic E-state index is -4.78. The van der Waals surface area contributed by atoms with E-state index < -0.39 is 12.3 Å². The largest absolute Gasteiger partial charge is 0.573 e. The van der Waals surface area contributed by atoms with E-state index >= 15 is 0 Å². The van der Waals surface area contributed by atoms with E-state index in [0.29, 0.717) is 23.4 Å². The Morgan fingerprint density at radius 1 is 1.22 bits per heavy atom. The van der Waals surface area contributed by atoms with E-state index in [4.69, 9.17) is 0 Å². The number of anilines is 1. The van der Waals surface area contributed by atoms with E-state index in [1.54, 1.807) is 18.2 Å². The minimum Gasteiger partial charge on any atom is -0.493 e. The van der Waals surface area contributed by atoms with Crippen molar-refractivity contribution in [1.82, 2.24) is 10.3 Å². The summed E-state index contributed by atoms with van der Waals surface area (Å²) in [4.78, 5) is 16.2. The smallest absolute Gasteiger partial charge is 0.493 e. The zero-order valence-electron chi connectivity index (χ0n) is 13.7. The van der Waals surface area contributed by atoms with Crippen LogP contribution < -0.4 is 15.4 Å². The van der Waals surface area contributed by atoms with Crippen molar-refractivity contribution in [2.24, 2.45) is 0 Å². The molecule has 0 bridgehead atoms. The monoisotopic (exact) mass is 377 g/mol. The van der Waals surface area contributed by atoms with Crippen LogP contribution in [0.4, 0.5) is 18.9 Å². The molecule has 0 saturated heterocycles. The number of carbonyl (C=O) groups is 1. The van der Waals surface area contributed by atoms with E-state index in [-0.39, 0.29) is 17.2 Å². The van der Waals surface area contributed by atoms with Gasteiger partial charge in [-0.25, -0.2) is 4.98 Å². The number of nitrogens with one attached hydrogen (secondary N) is 2. The molecule has 0 atom stereocenters. The maximum atomic E-state index is 12.4. The number of hydrogen-bond acceptors (Lipinski definition) is 5. The molecule has 0 fully saturated rings. The molecule has 1 aliphatic heterocycles. The number of aromatic nitrogens is 1. The number of aromatic hydroxyl groups is 1.